The lowest BCUT2D eigenvalue weighted by Gasteiger charge is -2.24. The topological polar surface area (TPSA) is 21.3 Å². The van der Waals surface area contributed by atoms with Crippen LogP contribution in [0.15, 0.2) is 0 Å². The molecule has 0 unspecified atom stereocenters. The Morgan fingerprint density at radius 1 is 1.50 bits per heavy atom. The Hall–Kier alpha value is -0.520. The summed E-state index contributed by atoms with van der Waals surface area (Å²) in [6.07, 6.45) is 5.90. The van der Waals surface area contributed by atoms with E-state index < -0.39 is 0 Å². The lowest BCUT2D eigenvalue weighted by molar-refractivity contribution is -0.00852. The summed E-state index contributed by atoms with van der Waals surface area (Å²) in [4.78, 5) is 0. The van der Waals surface area contributed by atoms with Crippen molar-refractivity contribution in [2.75, 3.05) is 19.7 Å². The highest BCUT2D eigenvalue weighted by molar-refractivity contribution is 4.84. The molecular formula is C10H19NO. The number of hydrogen-bond acceptors (Lipinski definition) is 2. The molecule has 0 saturated carbocycles. The van der Waals surface area contributed by atoms with Crippen molar-refractivity contribution in [2.45, 2.75) is 32.8 Å². The second-order valence-corrected chi connectivity index (χ2v) is 3.32. The molecule has 0 bridgehead atoms. The van der Waals surface area contributed by atoms with E-state index in [1.165, 1.54) is 0 Å². The van der Waals surface area contributed by atoms with Crippen molar-refractivity contribution < 1.29 is 4.74 Å². The van der Waals surface area contributed by atoms with Crippen LogP contribution in [0, 0.1) is 12.3 Å². The van der Waals surface area contributed by atoms with Gasteiger partial charge < -0.3 is 10.1 Å². The maximum atomic E-state index is 5.50. The molecule has 0 fully saturated rings. The molecule has 2 nitrogen and oxygen atoms in total. The molecule has 0 aromatic rings. The summed E-state index contributed by atoms with van der Waals surface area (Å²) < 4.78 is 5.50. The van der Waals surface area contributed by atoms with Gasteiger partial charge in [-0.3, -0.25) is 0 Å². The van der Waals surface area contributed by atoms with Crippen LogP contribution in [0.5, 0.6) is 0 Å². The van der Waals surface area contributed by atoms with E-state index in [1.807, 2.05) is 6.92 Å². The van der Waals surface area contributed by atoms with Crippen LogP contribution in [-0.2, 0) is 4.74 Å². The molecule has 0 rings (SSSR count). The van der Waals surface area contributed by atoms with Crippen molar-refractivity contribution in [3.05, 3.63) is 0 Å². The summed E-state index contributed by atoms with van der Waals surface area (Å²) >= 11 is 0. The molecule has 0 amide bonds. The van der Waals surface area contributed by atoms with Gasteiger partial charge in [0.05, 0.1) is 5.60 Å². The number of nitrogens with one attached hydrogen (secondary N) is 1. The largest absolute Gasteiger partial charge is 0.375 e. The minimum absolute atomic E-state index is 0.0800. The second kappa shape index (κ2) is 6.05. The van der Waals surface area contributed by atoms with Crippen molar-refractivity contribution >= 4 is 0 Å². The monoisotopic (exact) mass is 169 g/mol. The fraction of sp³-hybridized carbons (Fsp3) is 0.800. The second-order valence-electron chi connectivity index (χ2n) is 3.32. The number of hydrogen-bond donors (Lipinski definition) is 1. The van der Waals surface area contributed by atoms with Gasteiger partial charge in [0.1, 0.15) is 0 Å². The van der Waals surface area contributed by atoms with Crippen LogP contribution < -0.4 is 5.32 Å². The molecule has 0 aromatic heterocycles. The van der Waals surface area contributed by atoms with Gasteiger partial charge in [0, 0.05) is 26.1 Å². The first-order valence-corrected chi connectivity index (χ1v) is 4.40. The third kappa shape index (κ3) is 6.21. The van der Waals surface area contributed by atoms with Gasteiger partial charge in [-0.1, -0.05) is 0 Å². The van der Waals surface area contributed by atoms with Gasteiger partial charge in [0.25, 0.3) is 0 Å². The molecule has 0 spiro atoms. The minimum atomic E-state index is -0.0800. The van der Waals surface area contributed by atoms with Gasteiger partial charge in [-0.25, -0.2) is 0 Å². The summed E-state index contributed by atoms with van der Waals surface area (Å²) in [6, 6.07) is 0. The highest BCUT2D eigenvalue weighted by Gasteiger charge is 2.15. The van der Waals surface area contributed by atoms with Gasteiger partial charge in [0.15, 0.2) is 0 Å². The number of rotatable bonds is 6. The van der Waals surface area contributed by atoms with E-state index in [0.29, 0.717) is 0 Å². The van der Waals surface area contributed by atoms with E-state index >= 15 is 0 Å². The highest BCUT2D eigenvalue weighted by atomic mass is 16.5. The van der Waals surface area contributed by atoms with E-state index in [9.17, 15) is 0 Å². The van der Waals surface area contributed by atoms with Crippen LogP contribution in [0.1, 0.15) is 27.2 Å². The van der Waals surface area contributed by atoms with Gasteiger partial charge >= 0.3 is 0 Å². The Bertz CT molecular complexity index is 146. The standard InChI is InChI=1S/C10H19NO/c1-5-7-8-11-9-10(3,4)12-6-2/h1,11H,6-9H2,2-4H3. The van der Waals surface area contributed by atoms with Gasteiger partial charge in [-0.2, -0.15) is 0 Å². The third-order valence-corrected chi connectivity index (χ3v) is 1.53. The SMILES string of the molecule is C#CCCNCC(C)(C)OCC. The quantitative estimate of drug-likeness (QED) is 0.479. The molecule has 0 aliphatic rings. The predicted octanol–water partition coefficient (Wildman–Crippen LogP) is 1.41. The Morgan fingerprint density at radius 3 is 2.67 bits per heavy atom. The van der Waals surface area contributed by atoms with E-state index in [0.717, 1.165) is 26.1 Å². The third-order valence-electron chi connectivity index (χ3n) is 1.53. The van der Waals surface area contributed by atoms with Crippen molar-refractivity contribution in [3.63, 3.8) is 0 Å². The zero-order valence-electron chi connectivity index (χ0n) is 8.31. The average molecular weight is 169 g/mol. The Morgan fingerprint density at radius 2 is 2.17 bits per heavy atom. The highest BCUT2D eigenvalue weighted by Crippen LogP contribution is 2.06. The molecule has 1 N–H and O–H groups in total. The van der Waals surface area contributed by atoms with Crippen molar-refractivity contribution in [2.24, 2.45) is 0 Å². The predicted molar refractivity (Wildman–Crippen MR) is 52.0 cm³/mol. The smallest absolute Gasteiger partial charge is 0.0750 e. The van der Waals surface area contributed by atoms with Crippen LogP contribution in [-0.4, -0.2) is 25.3 Å². The number of terminal acetylenes is 1. The summed E-state index contributed by atoms with van der Waals surface area (Å²) in [5.41, 5.74) is -0.0800. The maximum Gasteiger partial charge on any atom is 0.0750 e. The van der Waals surface area contributed by atoms with Crippen LogP contribution in [0.2, 0.25) is 0 Å². The normalized spacial score (nSPS) is 11.2. The van der Waals surface area contributed by atoms with Gasteiger partial charge in [-0.05, 0) is 20.8 Å². The molecular weight excluding hydrogens is 150 g/mol. The summed E-state index contributed by atoms with van der Waals surface area (Å²) in [6.45, 7) is 8.61. The molecule has 0 aliphatic heterocycles. The van der Waals surface area contributed by atoms with E-state index in [4.69, 9.17) is 11.2 Å². The summed E-state index contributed by atoms with van der Waals surface area (Å²) in [5, 5.41) is 3.24. The van der Waals surface area contributed by atoms with Crippen molar-refractivity contribution in [1.82, 2.24) is 5.32 Å². The van der Waals surface area contributed by atoms with E-state index in [-0.39, 0.29) is 5.60 Å². The zero-order valence-corrected chi connectivity index (χ0v) is 8.31. The maximum absolute atomic E-state index is 5.50. The summed E-state index contributed by atoms with van der Waals surface area (Å²) in [5.74, 6) is 2.58. The Balaban J connectivity index is 3.41. The Kier molecular flexibility index (Phi) is 5.79. The van der Waals surface area contributed by atoms with E-state index in [1.54, 1.807) is 0 Å². The fourth-order valence-electron chi connectivity index (χ4n) is 0.992. The van der Waals surface area contributed by atoms with E-state index in [2.05, 4.69) is 25.1 Å². The van der Waals surface area contributed by atoms with Crippen molar-refractivity contribution in [1.29, 1.82) is 0 Å². The first-order valence-electron chi connectivity index (χ1n) is 4.40. The van der Waals surface area contributed by atoms with Crippen LogP contribution in [0.4, 0.5) is 0 Å². The molecule has 0 saturated heterocycles. The molecule has 12 heavy (non-hydrogen) atoms. The molecule has 0 atom stereocenters. The molecule has 0 heterocycles. The summed E-state index contributed by atoms with van der Waals surface area (Å²) in [7, 11) is 0. The van der Waals surface area contributed by atoms with Crippen LogP contribution in [0.25, 0.3) is 0 Å². The fourth-order valence-corrected chi connectivity index (χ4v) is 0.992. The van der Waals surface area contributed by atoms with Gasteiger partial charge in [0.2, 0.25) is 0 Å². The zero-order chi connectivity index (χ0) is 9.45. The number of ether oxygens (including phenoxy) is 1. The molecule has 70 valence electrons. The molecule has 0 aromatic carbocycles. The lowest BCUT2D eigenvalue weighted by atomic mass is 10.1. The Labute approximate surface area is 75.7 Å². The first-order chi connectivity index (χ1) is 5.62. The van der Waals surface area contributed by atoms with Crippen LogP contribution in [0.3, 0.4) is 0 Å². The van der Waals surface area contributed by atoms with Crippen molar-refractivity contribution in [3.8, 4) is 12.3 Å². The molecule has 0 aliphatic carbocycles. The lowest BCUT2D eigenvalue weighted by Crippen LogP contribution is -2.38. The van der Waals surface area contributed by atoms with Gasteiger partial charge in [-0.15, -0.1) is 12.3 Å². The molecule has 0 radical (unpaired) electrons. The molecule has 2 heteroatoms. The minimum Gasteiger partial charge on any atom is -0.375 e. The first kappa shape index (κ1) is 11.5. The average Bonchev–Trinajstić information content (AvgIpc) is 1.98. The van der Waals surface area contributed by atoms with Crippen LogP contribution >= 0.6 is 0 Å².